The summed E-state index contributed by atoms with van der Waals surface area (Å²) in [5.74, 6) is -1.24. The van der Waals surface area contributed by atoms with Gasteiger partial charge in [-0.2, -0.15) is 0 Å². The van der Waals surface area contributed by atoms with E-state index in [9.17, 15) is 9.59 Å². The number of carbonyl (C=O) groups excluding carboxylic acids is 2. The molecule has 1 aliphatic heterocycles. The van der Waals surface area contributed by atoms with Crippen LogP contribution in [0, 0.1) is 0 Å². The van der Waals surface area contributed by atoms with Crippen LogP contribution < -0.4 is 0 Å². The number of imide groups is 1. The van der Waals surface area contributed by atoms with Crippen molar-refractivity contribution >= 4 is 11.8 Å². The second kappa shape index (κ2) is 2.81. The summed E-state index contributed by atoms with van der Waals surface area (Å²) in [6.07, 6.45) is 1.59. The zero-order valence-electron chi connectivity index (χ0n) is 5.90. The van der Waals surface area contributed by atoms with E-state index >= 15 is 0 Å². The molecule has 0 saturated carbocycles. The molecule has 2 amide bonds. The predicted molar refractivity (Wildman–Crippen MR) is 33.9 cm³/mol. The lowest BCUT2D eigenvalue weighted by Gasteiger charge is -2.06. The van der Waals surface area contributed by atoms with Gasteiger partial charge < -0.3 is 0 Å². The molecule has 1 aliphatic rings. The number of hydrogen-bond acceptors (Lipinski definition) is 4. The Balaban J connectivity index is 2.84. The molecule has 60 valence electrons. The molecule has 1 N–H and O–H groups in total. The van der Waals surface area contributed by atoms with E-state index in [1.165, 1.54) is 0 Å². The summed E-state index contributed by atoms with van der Waals surface area (Å²) in [7, 11) is 0. The molecule has 5 heteroatoms. The van der Waals surface area contributed by atoms with Crippen molar-refractivity contribution in [3.63, 3.8) is 0 Å². The van der Waals surface area contributed by atoms with Crippen molar-refractivity contribution in [1.82, 2.24) is 5.06 Å². The van der Waals surface area contributed by atoms with Crippen molar-refractivity contribution in [3.8, 4) is 0 Å². The van der Waals surface area contributed by atoms with Crippen LogP contribution >= 0.6 is 0 Å². The lowest BCUT2D eigenvalue weighted by molar-refractivity contribution is -0.359. The Hall–Kier alpha value is -1.20. The number of rotatable bonds is 2. The molecule has 0 bridgehead atoms. The number of hydroxylamine groups is 2. The fraction of sp³-hybridized carbons (Fsp3) is 0.333. The molecule has 0 aliphatic carbocycles. The van der Waals surface area contributed by atoms with Crippen molar-refractivity contribution < 1.29 is 19.8 Å². The quantitative estimate of drug-likeness (QED) is 0.350. The van der Waals surface area contributed by atoms with Crippen LogP contribution in [0.25, 0.3) is 0 Å². The van der Waals surface area contributed by atoms with E-state index in [0.717, 1.165) is 6.08 Å². The van der Waals surface area contributed by atoms with E-state index in [-0.39, 0.29) is 0 Å². The van der Waals surface area contributed by atoms with Crippen LogP contribution in [0.2, 0.25) is 0 Å². The molecule has 0 saturated heterocycles. The highest BCUT2D eigenvalue weighted by molar-refractivity contribution is 6.15. The van der Waals surface area contributed by atoms with Crippen LogP contribution in [0.1, 0.15) is 13.3 Å². The minimum Gasteiger partial charge on any atom is -0.267 e. The number of amides is 2. The van der Waals surface area contributed by atoms with Crippen molar-refractivity contribution in [2.45, 2.75) is 13.3 Å². The van der Waals surface area contributed by atoms with Gasteiger partial charge in [-0.1, -0.05) is 6.92 Å². The Morgan fingerprint density at radius 1 is 1.64 bits per heavy atom. The first-order valence-electron chi connectivity index (χ1n) is 3.11. The molecule has 0 radical (unpaired) electrons. The van der Waals surface area contributed by atoms with Gasteiger partial charge in [0.25, 0.3) is 11.8 Å². The Morgan fingerprint density at radius 2 is 2.27 bits per heavy atom. The lowest BCUT2D eigenvalue weighted by Crippen LogP contribution is -2.29. The monoisotopic (exact) mass is 157 g/mol. The summed E-state index contributed by atoms with van der Waals surface area (Å²) in [4.78, 5) is 25.2. The Morgan fingerprint density at radius 3 is 2.55 bits per heavy atom. The Kier molecular flexibility index (Phi) is 2.02. The molecular weight excluding hydrogens is 150 g/mol. The minimum atomic E-state index is -0.644. The van der Waals surface area contributed by atoms with Gasteiger partial charge in [0, 0.05) is 11.6 Å². The maximum Gasteiger partial charge on any atom is 0.283 e. The fourth-order valence-corrected chi connectivity index (χ4v) is 0.831. The van der Waals surface area contributed by atoms with Gasteiger partial charge >= 0.3 is 0 Å². The molecule has 0 spiro atoms. The first kappa shape index (κ1) is 7.90. The van der Waals surface area contributed by atoms with Crippen molar-refractivity contribution in [3.05, 3.63) is 11.6 Å². The topological polar surface area (TPSA) is 66.8 Å². The summed E-state index contributed by atoms with van der Waals surface area (Å²) >= 11 is 0. The molecule has 0 aromatic rings. The summed E-state index contributed by atoms with van der Waals surface area (Å²) in [6.45, 7) is 1.73. The van der Waals surface area contributed by atoms with E-state index in [1.54, 1.807) is 6.92 Å². The highest BCUT2D eigenvalue weighted by atomic mass is 17.2. The highest BCUT2D eigenvalue weighted by Crippen LogP contribution is 2.14. The summed E-state index contributed by atoms with van der Waals surface area (Å²) < 4.78 is 0. The van der Waals surface area contributed by atoms with Gasteiger partial charge in [-0.25, -0.2) is 5.26 Å². The van der Waals surface area contributed by atoms with Crippen molar-refractivity contribution in [2.75, 3.05) is 0 Å². The molecule has 0 aromatic heterocycles. The van der Waals surface area contributed by atoms with Crippen LogP contribution in [-0.4, -0.2) is 22.1 Å². The Labute approximate surface area is 62.7 Å². The standard InChI is InChI=1S/C6H7NO4/c1-2-4-3-5(8)7(11-10)6(4)9/h3,10H,2H2,1H3. The largest absolute Gasteiger partial charge is 0.283 e. The van der Waals surface area contributed by atoms with Gasteiger partial charge in [0.2, 0.25) is 0 Å². The number of hydrogen-bond donors (Lipinski definition) is 1. The Bertz CT molecular complexity index is 233. The fourth-order valence-electron chi connectivity index (χ4n) is 0.831. The predicted octanol–water partition coefficient (Wildman–Crippen LogP) is 0.0962. The van der Waals surface area contributed by atoms with E-state index < -0.39 is 11.8 Å². The normalized spacial score (nSPS) is 17.6. The second-order valence-corrected chi connectivity index (χ2v) is 2.04. The number of nitrogens with zero attached hydrogens (tertiary/aromatic N) is 1. The van der Waals surface area contributed by atoms with Crippen LogP contribution in [0.4, 0.5) is 0 Å². The van der Waals surface area contributed by atoms with Crippen LogP contribution in [0.5, 0.6) is 0 Å². The minimum absolute atomic E-state index is 0.304. The van der Waals surface area contributed by atoms with Gasteiger partial charge in [-0.05, 0) is 6.42 Å². The zero-order chi connectivity index (χ0) is 8.43. The van der Waals surface area contributed by atoms with E-state index in [4.69, 9.17) is 5.26 Å². The molecule has 1 rings (SSSR count). The van der Waals surface area contributed by atoms with Gasteiger partial charge in [0.1, 0.15) is 0 Å². The summed E-state index contributed by atoms with van der Waals surface area (Å²) in [5, 5.41) is 8.38. The molecule has 11 heavy (non-hydrogen) atoms. The molecule has 1 heterocycles. The van der Waals surface area contributed by atoms with Gasteiger partial charge in [0.15, 0.2) is 0 Å². The molecule has 5 nitrogen and oxygen atoms in total. The molecular formula is C6H7NO4. The third-order valence-electron chi connectivity index (χ3n) is 1.42. The summed E-state index contributed by atoms with van der Waals surface area (Å²) in [6, 6.07) is 0. The maximum absolute atomic E-state index is 10.9. The van der Waals surface area contributed by atoms with E-state index in [0.29, 0.717) is 17.1 Å². The first-order valence-corrected chi connectivity index (χ1v) is 3.11. The molecule has 0 unspecified atom stereocenters. The first-order chi connectivity index (χ1) is 5.20. The van der Waals surface area contributed by atoms with Crippen LogP contribution in [0.3, 0.4) is 0 Å². The van der Waals surface area contributed by atoms with Crippen LogP contribution in [0.15, 0.2) is 11.6 Å². The van der Waals surface area contributed by atoms with Crippen molar-refractivity contribution in [2.24, 2.45) is 0 Å². The maximum atomic E-state index is 10.9. The van der Waals surface area contributed by atoms with E-state index in [1.807, 2.05) is 0 Å². The van der Waals surface area contributed by atoms with Crippen LogP contribution in [-0.2, 0) is 14.6 Å². The highest BCUT2D eigenvalue weighted by Gasteiger charge is 2.31. The van der Waals surface area contributed by atoms with E-state index in [2.05, 4.69) is 4.99 Å². The number of carbonyl (C=O) groups is 2. The average molecular weight is 157 g/mol. The summed E-state index contributed by atoms with van der Waals surface area (Å²) in [5.41, 5.74) is 0.337. The SMILES string of the molecule is CCC1=CC(=O)N(OO)C1=O. The van der Waals surface area contributed by atoms with Gasteiger partial charge in [0.05, 0.1) is 0 Å². The third-order valence-corrected chi connectivity index (χ3v) is 1.42. The molecule has 0 aromatic carbocycles. The average Bonchev–Trinajstić information content (AvgIpc) is 2.26. The zero-order valence-corrected chi connectivity index (χ0v) is 5.90. The van der Waals surface area contributed by atoms with Crippen molar-refractivity contribution in [1.29, 1.82) is 0 Å². The molecule has 0 atom stereocenters. The second-order valence-electron chi connectivity index (χ2n) is 2.04. The smallest absolute Gasteiger partial charge is 0.267 e. The molecule has 0 fully saturated rings. The third kappa shape index (κ3) is 1.15. The van der Waals surface area contributed by atoms with Gasteiger partial charge in [-0.15, -0.1) is 10.1 Å². The van der Waals surface area contributed by atoms with Gasteiger partial charge in [-0.3, -0.25) is 9.59 Å². The lowest BCUT2D eigenvalue weighted by atomic mass is 10.2.